The van der Waals surface area contributed by atoms with Crippen LogP contribution < -0.4 is 0 Å². The van der Waals surface area contributed by atoms with Gasteiger partial charge in [0, 0.05) is 22.6 Å². The van der Waals surface area contributed by atoms with Gasteiger partial charge in [-0.1, -0.05) is 12.1 Å². The van der Waals surface area contributed by atoms with E-state index in [1.54, 1.807) is 23.5 Å². The number of aliphatic hydroxyl groups excluding tert-OH is 2. The van der Waals surface area contributed by atoms with E-state index in [2.05, 4.69) is 13.0 Å². The van der Waals surface area contributed by atoms with Crippen molar-refractivity contribution in [2.24, 2.45) is 0 Å². The monoisotopic (exact) mass is 334 g/mol. The Morgan fingerprint density at radius 3 is 2.65 bits per heavy atom. The zero-order valence-electron chi connectivity index (χ0n) is 13.1. The van der Waals surface area contributed by atoms with E-state index in [1.165, 1.54) is 10.4 Å². The molecule has 3 atom stereocenters. The van der Waals surface area contributed by atoms with Crippen molar-refractivity contribution in [3.63, 3.8) is 0 Å². The Labute approximate surface area is 140 Å². The third-order valence-corrected chi connectivity index (χ3v) is 5.45. The van der Waals surface area contributed by atoms with Crippen LogP contribution in [0.2, 0.25) is 0 Å². The first-order valence-corrected chi connectivity index (χ1v) is 8.68. The Balaban J connectivity index is 1.76. The predicted octanol–water partition coefficient (Wildman–Crippen LogP) is 2.93. The van der Waals surface area contributed by atoms with E-state index in [-0.39, 0.29) is 24.6 Å². The second-order valence-corrected chi connectivity index (χ2v) is 7.42. The first kappa shape index (κ1) is 16.5. The van der Waals surface area contributed by atoms with Crippen LogP contribution in [0.25, 0.3) is 0 Å². The normalized spacial score (nSPS) is 24.7. The van der Waals surface area contributed by atoms with Crippen molar-refractivity contribution in [3.05, 3.63) is 51.2 Å². The van der Waals surface area contributed by atoms with Gasteiger partial charge in [-0.3, -0.25) is 0 Å². The highest BCUT2D eigenvalue weighted by Crippen LogP contribution is 2.37. The Morgan fingerprint density at radius 2 is 1.96 bits per heavy atom. The van der Waals surface area contributed by atoms with Crippen molar-refractivity contribution in [2.45, 2.75) is 44.5 Å². The van der Waals surface area contributed by atoms with Crippen molar-refractivity contribution in [1.29, 1.82) is 0 Å². The molecule has 3 rings (SSSR count). The second-order valence-electron chi connectivity index (χ2n) is 6.13. The van der Waals surface area contributed by atoms with Crippen LogP contribution in [0, 0.1) is 6.92 Å². The molecule has 1 fully saturated rings. The zero-order valence-corrected chi connectivity index (χ0v) is 13.9. The number of aryl methyl sites for hydroxylation is 1. The van der Waals surface area contributed by atoms with Crippen molar-refractivity contribution in [1.82, 2.24) is 0 Å². The van der Waals surface area contributed by atoms with Gasteiger partial charge in [-0.2, -0.15) is 0 Å². The molecule has 3 N–H and O–H groups in total. The van der Waals surface area contributed by atoms with Crippen LogP contribution in [0.1, 0.15) is 39.8 Å². The average Bonchev–Trinajstić information content (AvgIpc) is 2.90. The Kier molecular flexibility index (Phi) is 5.02. The largest absolute Gasteiger partial charge is 0.508 e. The molecule has 1 aliphatic heterocycles. The minimum Gasteiger partial charge on any atom is -0.508 e. The van der Waals surface area contributed by atoms with Crippen molar-refractivity contribution < 1.29 is 20.1 Å². The number of phenolic OH excluding ortho intramolecular Hbond substituents is 1. The lowest BCUT2D eigenvalue weighted by Crippen LogP contribution is -2.33. The fourth-order valence-corrected chi connectivity index (χ4v) is 4.10. The molecular weight excluding hydrogens is 312 g/mol. The van der Waals surface area contributed by atoms with Crippen molar-refractivity contribution in [2.75, 3.05) is 6.61 Å². The summed E-state index contributed by atoms with van der Waals surface area (Å²) in [7, 11) is 0. The van der Waals surface area contributed by atoms with E-state index >= 15 is 0 Å². The molecule has 23 heavy (non-hydrogen) atoms. The quantitative estimate of drug-likeness (QED) is 0.804. The van der Waals surface area contributed by atoms with Gasteiger partial charge in [0.05, 0.1) is 24.9 Å². The Bertz CT molecular complexity index is 650. The summed E-state index contributed by atoms with van der Waals surface area (Å²) in [6.07, 6.45) is 1.03. The molecule has 1 aromatic heterocycles. The Hall–Kier alpha value is -1.40. The molecule has 4 nitrogen and oxygen atoms in total. The lowest BCUT2D eigenvalue weighted by Gasteiger charge is -2.31. The molecule has 1 aliphatic rings. The highest BCUT2D eigenvalue weighted by atomic mass is 32.1. The van der Waals surface area contributed by atoms with Crippen LogP contribution >= 0.6 is 11.3 Å². The number of rotatable bonds is 4. The predicted molar refractivity (Wildman–Crippen MR) is 89.9 cm³/mol. The topological polar surface area (TPSA) is 69.9 Å². The van der Waals surface area contributed by atoms with Crippen LogP contribution in [0.5, 0.6) is 5.75 Å². The smallest absolute Gasteiger partial charge is 0.115 e. The van der Waals surface area contributed by atoms with Gasteiger partial charge in [-0.25, -0.2) is 0 Å². The van der Waals surface area contributed by atoms with Crippen LogP contribution in [0.3, 0.4) is 0 Å². The summed E-state index contributed by atoms with van der Waals surface area (Å²) in [6.45, 7) is 2.03. The van der Waals surface area contributed by atoms with Crippen LogP contribution in [0.4, 0.5) is 0 Å². The van der Waals surface area contributed by atoms with E-state index in [1.807, 2.05) is 12.1 Å². The number of phenols is 1. The molecule has 0 amide bonds. The number of aliphatic hydroxyl groups is 2. The third kappa shape index (κ3) is 3.93. The zero-order chi connectivity index (χ0) is 16.4. The summed E-state index contributed by atoms with van der Waals surface area (Å²) < 4.78 is 5.89. The molecule has 124 valence electrons. The summed E-state index contributed by atoms with van der Waals surface area (Å²) >= 11 is 1.69. The summed E-state index contributed by atoms with van der Waals surface area (Å²) in [5.74, 6) is 0.274. The van der Waals surface area contributed by atoms with Gasteiger partial charge in [-0.15, -0.1) is 11.3 Å². The molecule has 2 heterocycles. The molecule has 2 aromatic rings. The molecule has 1 saturated heterocycles. The van der Waals surface area contributed by atoms with Gasteiger partial charge in [0.1, 0.15) is 5.75 Å². The SMILES string of the molecule is Cc1sc(C2CC(O)CC(CO)O2)cc1Cc1ccc(O)cc1. The highest BCUT2D eigenvalue weighted by molar-refractivity contribution is 7.12. The van der Waals surface area contributed by atoms with Crippen LogP contribution in [0.15, 0.2) is 30.3 Å². The molecule has 0 spiro atoms. The number of ether oxygens (including phenoxy) is 1. The summed E-state index contributed by atoms with van der Waals surface area (Å²) in [4.78, 5) is 2.34. The van der Waals surface area contributed by atoms with Crippen molar-refractivity contribution in [3.8, 4) is 5.75 Å². The van der Waals surface area contributed by atoms with Gasteiger partial charge in [-0.05, 0) is 42.7 Å². The number of hydrogen-bond acceptors (Lipinski definition) is 5. The standard InChI is InChI=1S/C18H22O4S/c1-11-13(6-12-2-4-14(20)5-3-12)7-18(23-11)17-9-15(21)8-16(10-19)22-17/h2-5,7,15-17,19-21H,6,8-10H2,1H3. The number of hydrogen-bond donors (Lipinski definition) is 3. The van der Waals surface area contributed by atoms with Gasteiger partial charge < -0.3 is 20.1 Å². The number of benzene rings is 1. The highest BCUT2D eigenvalue weighted by Gasteiger charge is 2.30. The second kappa shape index (κ2) is 7.01. The minimum absolute atomic E-state index is 0.0573. The number of thiophene rings is 1. The fourth-order valence-electron chi connectivity index (χ4n) is 3.00. The molecule has 1 aromatic carbocycles. The van der Waals surface area contributed by atoms with Crippen LogP contribution in [-0.4, -0.2) is 34.1 Å². The molecular formula is C18H22O4S. The van der Waals surface area contributed by atoms with Gasteiger partial charge in [0.15, 0.2) is 0 Å². The number of aromatic hydroxyl groups is 1. The Morgan fingerprint density at radius 1 is 1.22 bits per heavy atom. The molecule has 3 unspecified atom stereocenters. The van der Waals surface area contributed by atoms with Crippen molar-refractivity contribution >= 4 is 11.3 Å². The summed E-state index contributed by atoms with van der Waals surface area (Å²) in [5, 5.41) is 28.6. The maximum atomic E-state index is 9.97. The lowest BCUT2D eigenvalue weighted by molar-refractivity contribution is -0.112. The average molecular weight is 334 g/mol. The molecule has 0 radical (unpaired) electrons. The molecule has 0 saturated carbocycles. The van der Waals surface area contributed by atoms with Gasteiger partial charge in [0.2, 0.25) is 0 Å². The van der Waals surface area contributed by atoms with Gasteiger partial charge >= 0.3 is 0 Å². The van der Waals surface area contributed by atoms with E-state index in [4.69, 9.17) is 4.74 Å². The minimum atomic E-state index is -0.422. The lowest BCUT2D eigenvalue weighted by atomic mass is 9.99. The first-order chi connectivity index (χ1) is 11.0. The van der Waals surface area contributed by atoms with E-state index in [9.17, 15) is 15.3 Å². The van der Waals surface area contributed by atoms with Gasteiger partial charge in [0.25, 0.3) is 0 Å². The molecule has 0 bridgehead atoms. The summed E-state index contributed by atoms with van der Waals surface area (Å²) in [6, 6.07) is 9.39. The maximum Gasteiger partial charge on any atom is 0.115 e. The molecule has 0 aliphatic carbocycles. The van der Waals surface area contributed by atoms with E-state index < -0.39 is 6.10 Å². The summed E-state index contributed by atoms with van der Waals surface area (Å²) in [5.41, 5.74) is 2.38. The first-order valence-electron chi connectivity index (χ1n) is 7.86. The van der Waals surface area contributed by atoms with E-state index in [0.717, 1.165) is 16.9 Å². The fraction of sp³-hybridized carbons (Fsp3) is 0.444. The maximum absolute atomic E-state index is 9.97. The van der Waals surface area contributed by atoms with Crippen LogP contribution in [-0.2, 0) is 11.2 Å². The van der Waals surface area contributed by atoms with E-state index in [0.29, 0.717) is 12.8 Å². The molecule has 5 heteroatoms. The third-order valence-electron chi connectivity index (χ3n) is 4.27.